The van der Waals surface area contributed by atoms with Gasteiger partial charge in [0.25, 0.3) is 0 Å². The first kappa shape index (κ1) is 11.7. The molecule has 1 saturated heterocycles. The highest BCUT2D eigenvalue weighted by Crippen LogP contribution is 2.11. The molecule has 1 unspecified atom stereocenters. The van der Waals surface area contributed by atoms with Gasteiger partial charge in [0, 0.05) is 32.0 Å². The molecule has 1 heterocycles. The van der Waals surface area contributed by atoms with Gasteiger partial charge in [0.1, 0.15) is 5.78 Å². The van der Waals surface area contributed by atoms with Crippen molar-refractivity contribution in [2.75, 3.05) is 33.7 Å². The number of hydrogen-bond acceptors (Lipinski definition) is 3. The molecule has 1 atom stereocenters. The summed E-state index contributed by atoms with van der Waals surface area (Å²) in [7, 11) is 4.21. The lowest BCUT2D eigenvalue weighted by molar-refractivity contribution is -0.121. The Morgan fingerprint density at radius 3 is 2.43 bits per heavy atom. The third-order valence-electron chi connectivity index (χ3n) is 2.97. The zero-order chi connectivity index (χ0) is 10.6. The number of likely N-dealkylation sites (tertiary alicyclic amines) is 1. The van der Waals surface area contributed by atoms with Crippen LogP contribution in [0.1, 0.15) is 26.2 Å². The van der Waals surface area contributed by atoms with Gasteiger partial charge in [0.15, 0.2) is 0 Å². The number of piperidine rings is 1. The van der Waals surface area contributed by atoms with Crippen molar-refractivity contribution in [2.45, 2.75) is 32.2 Å². The highest BCUT2D eigenvalue weighted by atomic mass is 16.1. The largest absolute Gasteiger partial charge is 0.309 e. The van der Waals surface area contributed by atoms with E-state index >= 15 is 0 Å². The Morgan fingerprint density at radius 1 is 1.36 bits per heavy atom. The van der Waals surface area contributed by atoms with Crippen molar-refractivity contribution in [1.29, 1.82) is 0 Å². The van der Waals surface area contributed by atoms with E-state index in [0.717, 1.165) is 32.5 Å². The number of carbonyl (C=O) groups is 1. The predicted molar refractivity (Wildman–Crippen MR) is 58.4 cm³/mol. The van der Waals surface area contributed by atoms with Crippen LogP contribution in [0.5, 0.6) is 0 Å². The standard InChI is InChI=1S/C11H22N2O/c1-10(4-7-12(2)3)13-8-5-11(14)6-9-13/h10H,4-9H2,1-3H3. The Hall–Kier alpha value is -0.410. The Balaban J connectivity index is 2.23. The molecule has 0 amide bonds. The summed E-state index contributed by atoms with van der Waals surface area (Å²) in [5.41, 5.74) is 0. The van der Waals surface area contributed by atoms with E-state index in [1.165, 1.54) is 6.42 Å². The van der Waals surface area contributed by atoms with Crippen molar-refractivity contribution in [1.82, 2.24) is 9.80 Å². The van der Waals surface area contributed by atoms with Crippen LogP contribution < -0.4 is 0 Å². The highest BCUT2D eigenvalue weighted by molar-refractivity contribution is 5.79. The lowest BCUT2D eigenvalue weighted by atomic mass is 10.1. The molecule has 0 saturated carbocycles. The molecule has 0 aromatic heterocycles. The van der Waals surface area contributed by atoms with Gasteiger partial charge in [-0.25, -0.2) is 0 Å². The second-order valence-corrected chi connectivity index (χ2v) is 4.52. The molecule has 0 aromatic carbocycles. The molecule has 0 bridgehead atoms. The second kappa shape index (κ2) is 5.47. The third-order valence-corrected chi connectivity index (χ3v) is 2.97. The van der Waals surface area contributed by atoms with Gasteiger partial charge < -0.3 is 4.90 Å². The average Bonchev–Trinajstić information content (AvgIpc) is 2.15. The summed E-state index contributed by atoms with van der Waals surface area (Å²) in [6, 6.07) is 0.616. The van der Waals surface area contributed by atoms with Crippen molar-refractivity contribution in [3.05, 3.63) is 0 Å². The van der Waals surface area contributed by atoms with Crippen LogP contribution in [-0.2, 0) is 4.79 Å². The minimum Gasteiger partial charge on any atom is -0.309 e. The second-order valence-electron chi connectivity index (χ2n) is 4.52. The van der Waals surface area contributed by atoms with Gasteiger partial charge in [0.05, 0.1) is 0 Å². The number of nitrogens with zero attached hydrogens (tertiary/aromatic N) is 2. The third kappa shape index (κ3) is 3.76. The first-order valence-corrected chi connectivity index (χ1v) is 5.50. The van der Waals surface area contributed by atoms with Gasteiger partial charge in [-0.1, -0.05) is 0 Å². The molecule has 0 N–H and O–H groups in total. The first-order chi connectivity index (χ1) is 6.59. The maximum absolute atomic E-state index is 11.1. The smallest absolute Gasteiger partial charge is 0.135 e. The van der Waals surface area contributed by atoms with Crippen LogP contribution >= 0.6 is 0 Å². The zero-order valence-corrected chi connectivity index (χ0v) is 9.62. The molecule has 1 aliphatic rings. The van der Waals surface area contributed by atoms with Crippen molar-refractivity contribution in [3.8, 4) is 0 Å². The number of hydrogen-bond donors (Lipinski definition) is 0. The monoisotopic (exact) mass is 198 g/mol. The summed E-state index contributed by atoms with van der Waals surface area (Å²) in [5.74, 6) is 0.432. The maximum atomic E-state index is 11.1. The molecule has 0 radical (unpaired) electrons. The van der Waals surface area contributed by atoms with Crippen molar-refractivity contribution >= 4 is 5.78 Å². The number of carbonyl (C=O) groups excluding carboxylic acids is 1. The van der Waals surface area contributed by atoms with E-state index in [4.69, 9.17) is 0 Å². The van der Waals surface area contributed by atoms with Gasteiger partial charge in [-0.05, 0) is 34.0 Å². The lowest BCUT2D eigenvalue weighted by Gasteiger charge is -2.32. The average molecular weight is 198 g/mol. The van der Waals surface area contributed by atoms with E-state index in [2.05, 4.69) is 30.8 Å². The Morgan fingerprint density at radius 2 is 1.93 bits per heavy atom. The minimum atomic E-state index is 0.432. The molecule has 14 heavy (non-hydrogen) atoms. The number of rotatable bonds is 4. The van der Waals surface area contributed by atoms with E-state index in [-0.39, 0.29) is 0 Å². The Kier molecular flexibility index (Phi) is 4.55. The van der Waals surface area contributed by atoms with Crippen molar-refractivity contribution < 1.29 is 4.79 Å². The van der Waals surface area contributed by atoms with Crippen LogP contribution in [0.4, 0.5) is 0 Å². The van der Waals surface area contributed by atoms with E-state index in [9.17, 15) is 4.79 Å². The lowest BCUT2D eigenvalue weighted by Crippen LogP contribution is -2.41. The first-order valence-electron chi connectivity index (χ1n) is 5.50. The summed E-state index contributed by atoms with van der Waals surface area (Å²) < 4.78 is 0. The molecule has 1 rings (SSSR count). The predicted octanol–water partition coefficient (Wildman–Crippen LogP) is 0.991. The van der Waals surface area contributed by atoms with E-state index < -0.39 is 0 Å². The molecular weight excluding hydrogens is 176 g/mol. The molecule has 82 valence electrons. The number of ketones is 1. The highest BCUT2D eigenvalue weighted by Gasteiger charge is 2.20. The molecule has 1 aliphatic heterocycles. The SMILES string of the molecule is CC(CCN(C)C)N1CCC(=O)CC1. The van der Waals surface area contributed by atoms with Gasteiger partial charge in [-0.2, -0.15) is 0 Å². The van der Waals surface area contributed by atoms with Gasteiger partial charge in [-0.15, -0.1) is 0 Å². The maximum Gasteiger partial charge on any atom is 0.135 e. The molecule has 3 nitrogen and oxygen atoms in total. The summed E-state index contributed by atoms with van der Waals surface area (Å²) in [6.45, 7) is 5.33. The van der Waals surface area contributed by atoms with Gasteiger partial charge >= 0.3 is 0 Å². The Labute approximate surface area is 87.1 Å². The van der Waals surface area contributed by atoms with E-state index in [0.29, 0.717) is 11.8 Å². The molecule has 0 aromatic rings. The topological polar surface area (TPSA) is 23.6 Å². The van der Waals surface area contributed by atoms with E-state index in [1.54, 1.807) is 0 Å². The zero-order valence-electron chi connectivity index (χ0n) is 9.62. The summed E-state index contributed by atoms with van der Waals surface area (Å²) in [6.07, 6.45) is 2.71. The molecule has 0 spiro atoms. The molecular formula is C11H22N2O. The van der Waals surface area contributed by atoms with Crippen LogP contribution in [0.3, 0.4) is 0 Å². The number of Topliss-reactive ketones (excluding diaryl/α,β-unsaturated/α-hetero) is 1. The normalized spacial score (nSPS) is 21.6. The minimum absolute atomic E-state index is 0.432. The molecule has 0 aliphatic carbocycles. The summed E-state index contributed by atoms with van der Waals surface area (Å²) >= 11 is 0. The van der Waals surface area contributed by atoms with Gasteiger partial charge in [-0.3, -0.25) is 9.69 Å². The molecule has 1 fully saturated rings. The van der Waals surface area contributed by atoms with Gasteiger partial charge in [0.2, 0.25) is 0 Å². The molecule has 3 heteroatoms. The van der Waals surface area contributed by atoms with Crippen LogP contribution in [0, 0.1) is 0 Å². The van der Waals surface area contributed by atoms with Crippen LogP contribution in [0.25, 0.3) is 0 Å². The summed E-state index contributed by atoms with van der Waals surface area (Å²) in [5, 5.41) is 0. The van der Waals surface area contributed by atoms with Crippen molar-refractivity contribution in [3.63, 3.8) is 0 Å². The fourth-order valence-electron chi connectivity index (χ4n) is 1.84. The van der Waals surface area contributed by atoms with Crippen LogP contribution in [0.15, 0.2) is 0 Å². The van der Waals surface area contributed by atoms with Crippen LogP contribution in [0.2, 0.25) is 0 Å². The Bertz CT molecular complexity index is 182. The fraction of sp³-hybridized carbons (Fsp3) is 0.909. The van der Waals surface area contributed by atoms with Crippen molar-refractivity contribution in [2.24, 2.45) is 0 Å². The van der Waals surface area contributed by atoms with E-state index in [1.807, 2.05) is 0 Å². The van der Waals surface area contributed by atoms with Crippen LogP contribution in [-0.4, -0.2) is 55.4 Å². The fourth-order valence-corrected chi connectivity index (χ4v) is 1.84. The quantitative estimate of drug-likeness (QED) is 0.673. The summed E-state index contributed by atoms with van der Waals surface area (Å²) in [4.78, 5) is 15.7.